The summed E-state index contributed by atoms with van der Waals surface area (Å²) in [5.74, 6) is 1.39. The van der Waals surface area contributed by atoms with Crippen molar-refractivity contribution >= 4 is 0 Å². The lowest BCUT2D eigenvalue weighted by atomic mass is 9.77. The van der Waals surface area contributed by atoms with Crippen LogP contribution in [0.1, 0.15) is 30.3 Å². The van der Waals surface area contributed by atoms with Gasteiger partial charge >= 0.3 is 0 Å². The second-order valence-corrected chi connectivity index (χ2v) is 8.57. The highest BCUT2D eigenvalue weighted by Crippen LogP contribution is 2.43. The van der Waals surface area contributed by atoms with E-state index in [0.717, 1.165) is 37.8 Å². The van der Waals surface area contributed by atoms with E-state index in [1.807, 2.05) is 19.3 Å². The number of halogens is 2. The molecule has 3 heterocycles. The zero-order valence-corrected chi connectivity index (χ0v) is 17.4. The molecule has 2 aromatic heterocycles. The van der Waals surface area contributed by atoms with Gasteiger partial charge in [0, 0.05) is 56.1 Å². The lowest BCUT2D eigenvalue weighted by Gasteiger charge is -2.38. The van der Waals surface area contributed by atoms with Crippen LogP contribution in [-0.4, -0.2) is 43.6 Å². The van der Waals surface area contributed by atoms with Gasteiger partial charge in [0.15, 0.2) is 0 Å². The maximum absolute atomic E-state index is 14.2. The zero-order valence-electron chi connectivity index (χ0n) is 17.4. The van der Waals surface area contributed by atoms with Crippen LogP contribution in [0.2, 0.25) is 0 Å². The molecule has 0 N–H and O–H groups in total. The van der Waals surface area contributed by atoms with Gasteiger partial charge in [0.05, 0.1) is 12.2 Å². The van der Waals surface area contributed by atoms with Crippen molar-refractivity contribution in [3.05, 3.63) is 72.2 Å². The first kappa shape index (κ1) is 20.1. The molecule has 1 saturated carbocycles. The number of imidazole rings is 1. The molecule has 5 rings (SSSR count). The van der Waals surface area contributed by atoms with Gasteiger partial charge in [-0.2, -0.15) is 0 Å². The Kier molecular flexibility index (Phi) is 5.40. The third kappa shape index (κ3) is 4.17. The summed E-state index contributed by atoms with van der Waals surface area (Å²) in [5.41, 5.74) is 0.536. The zero-order chi connectivity index (χ0) is 21.4. The Morgan fingerprint density at radius 1 is 1.06 bits per heavy atom. The minimum absolute atomic E-state index is 0.0478. The van der Waals surface area contributed by atoms with Gasteiger partial charge in [0.1, 0.15) is 23.6 Å². The summed E-state index contributed by atoms with van der Waals surface area (Å²) < 4.78 is 35.9. The molecule has 4 atom stereocenters. The van der Waals surface area contributed by atoms with Gasteiger partial charge in [-0.15, -0.1) is 0 Å². The van der Waals surface area contributed by atoms with E-state index in [9.17, 15) is 8.78 Å². The van der Waals surface area contributed by atoms with Crippen LogP contribution in [0.15, 0.2) is 49.2 Å². The number of hydrogen-bond acceptors (Lipinski definition) is 5. The summed E-state index contributed by atoms with van der Waals surface area (Å²) >= 11 is 0. The normalized spacial score (nSPS) is 26.0. The summed E-state index contributed by atoms with van der Waals surface area (Å²) in [6, 6.07) is 3.98. The molecule has 31 heavy (non-hydrogen) atoms. The molecule has 1 aliphatic carbocycles. The van der Waals surface area contributed by atoms with E-state index in [-0.39, 0.29) is 12.1 Å². The van der Waals surface area contributed by atoms with Crippen LogP contribution < -0.4 is 4.74 Å². The monoisotopic (exact) mass is 425 g/mol. The summed E-state index contributed by atoms with van der Waals surface area (Å²) in [7, 11) is 0. The quantitative estimate of drug-likeness (QED) is 0.623. The van der Waals surface area contributed by atoms with Crippen LogP contribution in [0.5, 0.6) is 5.88 Å². The van der Waals surface area contributed by atoms with E-state index < -0.39 is 11.6 Å². The van der Waals surface area contributed by atoms with Crippen LogP contribution in [0.3, 0.4) is 0 Å². The van der Waals surface area contributed by atoms with Crippen molar-refractivity contribution in [1.29, 1.82) is 0 Å². The Morgan fingerprint density at radius 2 is 1.90 bits per heavy atom. The molecule has 6 nitrogen and oxygen atoms in total. The second kappa shape index (κ2) is 8.34. The van der Waals surface area contributed by atoms with Crippen LogP contribution in [0, 0.1) is 30.4 Å². The Hall–Kier alpha value is -2.87. The van der Waals surface area contributed by atoms with E-state index in [0.29, 0.717) is 29.8 Å². The van der Waals surface area contributed by atoms with Gasteiger partial charge in [0.25, 0.3) is 0 Å². The van der Waals surface area contributed by atoms with Crippen molar-refractivity contribution in [2.45, 2.75) is 38.5 Å². The largest absolute Gasteiger partial charge is 0.471 e. The van der Waals surface area contributed by atoms with Crippen LogP contribution >= 0.6 is 0 Å². The number of nitrogens with zero attached hydrogens (tertiary/aromatic N) is 5. The molecule has 1 aromatic carbocycles. The maximum Gasteiger partial charge on any atom is 0.232 e. The summed E-state index contributed by atoms with van der Waals surface area (Å²) in [4.78, 5) is 15.1. The fourth-order valence-corrected chi connectivity index (χ4v) is 5.17. The number of aryl methyl sites for hydroxylation is 1. The molecule has 2 fully saturated rings. The number of hydrogen-bond donors (Lipinski definition) is 0. The number of likely N-dealkylation sites (tertiary alicyclic amines) is 1. The lowest BCUT2D eigenvalue weighted by molar-refractivity contribution is 0.0501. The minimum atomic E-state index is -0.543. The van der Waals surface area contributed by atoms with E-state index >= 15 is 0 Å². The van der Waals surface area contributed by atoms with E-state index in [1.54, 1.807) is 24.7 Å². The lowest BCUT2D eigenvalue weighted by Crippen LogP contribution is -2.40. The number of rotatable bonds is 5. The van der Waals surface area contributed by atoms with E-state index in [4.69, 9.17) is 4.74 Å². The first-order valence-corrected chi connectivity index (χ1v) is 10.6. The molecule has 0 amide bonds. The highest BCUT2D eigenvalue weighted by molar-refractivity contribution is 5.19. The molecule has 8 heteroatoms. The Labute approximate surface area is 179 Å². The number of aromatic nitrogens is 4. The molecule has 0 bridgehead atoms. The first-order chi connectivity index (χ1) is 15.1. The SMILES string of the molecule is Cc1nccn1[C@H]1C[C@H]2CN(Cc3ccc(F)cc3F)C[C@H]2C[C@@H]1Oc1cnccn1. The van der Waals surface area contributed by atoms with Gasteiger partial charge in [0.2, 0.25) is 5.88 Å². The molecule has 0 radical (unpaired) electrons. The minimum Gasteiger partial charge on any atom is -0.471 e. The number of fused-ring (bicyclic) bond motifs is 1. The molecule has 0 spiro atoms. The molecular weight excluding hydrogens is 400 g/mol. The van der Waals surface area contributed by atoms with Crippen LogP contribution in [0.25, 0.3) is 0 Å². The third-order valence-electron chi connectivity index (χ3n) is 6.60. The second-order valence-electron chi connectivity index (χ2n) is 8.57. The fourth-order valence-electron chi connectivity index (χ4n) is 5.17. The van der Waals surface area contributed by atoms with Crippen LogP contribution in [-0.2, 0) is 6.54 Å². The van der Waals surface area contributed by atoms with E-state index in [2.05, 4.69) is 24.4 Å². The highest BCUT2D eigenvalue weighted by Gasteiger charge is 2.44. The topological polar surface area (TPSA) is 56.1 Å². The number of benzene rings is 1. The Balaban J connectivity index is 1.34. The standard InChI is InChI=1S/C23H25F2N5O/c1-15-27-6-7-30(15)21-8-17-13-29(12-16-2-3-19(24)10-20(16)25)14-18(17)9-22(21)31-23-11-26-4-5-28-23/h2-7,10-11,17-18,21-22H,8-9,12-14H2,1H3/t17-,18+,21-,22-/m0/s1. The van der Waals surface area contributed by atoms with Crippen molar-refractivity contribution in [1.82, 2.24) is 24.4 Å². The highest BCUT2D eigenvalue weighted by atomic mass is 19.1. The number of ether oxygens (including phenoxy) is 1. The van der Waals surface area contributed by atoms with Crippen molar-refractivity contribution in [2.75, 3.05) is 13.1 Å². The third-order valence-corrected chi connectivity index (χ3v) is 6.60. The van der Waals surface area contributed by atoms with Crippen molar-refractivity contribution in [3.8, 4) is 5.88 Å². The molecular formula is C23H25F2N5O. The predicted molar refractivity (Wildman–Crippen MR) is 110 cm³/mol. The fraction of sp³-hybridized carbons (Fsp3) is 0.435. The average molecular weight is 425 g/mol. The van der Waals surface area contributed by atoms with Gasteiger partial charge < -0.3 is 9.30 Å². The average Bonchev–Trinajstić information content (AvgIpc) is 3.35. The molecule has 1 saturated heterocycles. The molecule has 2 aliphatic rings. The molecule has 0 unspecified atom stereocenters. The molecule has 162 valence electrons. The maximum atomic E-state index is 14.2. The van der Waals surface area contributed by atoms with Crippen molar-refractivity contribution < 1.29 is 13.5 Å². The van der Waals surface area contributed by atoms with Gasteiger partial charge in [-0.3, -0.25) is 9.88 Å². The molecule has 3 aromatic rings. The van der Waals surface area contributed by atoms with Gasteiger partial charge in [-0.05, 0) is 37.7 Å². The summed E-state index contributed by atoms with van der Waals surface area (Å²) in [6.45, 7) is 4.26. The van der Waals surface area contributed by atoms with E-state index in [1.165, 1.54) is 6.07 Å². The van der Waals surface area contributed by atoms with Gasteiger partial charge in [-0.1, -0.05) is 6.07 Å². The van der Waals surface area contributed by atoms with Crippen LogP contribution in [0.4, 0.5) is 8.78 Å². The smallest absolute Gasteiger partial charge is 0.232 e. The summed E-state index contributed by atoms with van der Waals surface area (Å²) in [6.07, 6.45) is 10.5. The first-order valence-electron chi connectivity index (χ1n) is 10.6. The van der Waals surface area contributed by atoms with Gasteiger partial charge in [-0.25, -0.2) is 18.7 Å². The molecule has 1 aliphatic heterocycles. The Bertz CT molecular complexity index is 1040. The predicted octanol–water partition coefficient (Wildman–Crippen LogP) is 3.79. The Morgan fingerprint density at radius 3 is 2.61 bits per heavy atom. The summed E-state index contributed by atoms with van der Waals surface area (Å²) in [5, 5.41) is 0. The van der Waals surface area contributed by atoms with Crippen molar-refractivity contribution in [3.63, 3.8) is 0 Å². The van der Waals surface area contributed by atoms with Crippen molar-refractivity contribution in [2.24, 2.45) is 11.8 Å².